The van der Waals surface area contributed by atoms with Crippen LogP contribution in [0.15, 0.2) is 75.7 Å². The van der Waals surface area contributed by atoms with Gasteiger partial charge in [0.1, 0.15) is 22.5 Å². The van der Waals surface area contributed by atoms with Crippen molar-refractivity contribution in [2.75, 3.05) is 21.3 Å². The molecule has 5 nitrogen and oxygen atoms in total. The summed E-state index contributed by atoms with van der Waals surface area (Å²) in [6.45, 7) is 3.00. The van der Waals surface area contributed by atoms with Crippen molar-refractivity contribution >= 4 is 42.8 Å². The normalized spacial score (nSPS) is 14.0. The van der Waals surface area contributed by atoms with Crippen molar-refractivity contribution in [2.45, 2.75) is 31.4 Å². The quantitative estimate of drug-likeness (QED) is 0.243. The molecular weight excluding hydrogens is 582 g/mol. The number of methoxy groups -OCH3 is 3. The fraction of sp³-hybridized carbons (Fsp3) is 0.308. The minimum atomic E-state index is -1.35. The Morgan fingerprint density at radius 1 is 0.824 bits per heavy atom. The van der Waals surface area contributed by atoms with Crippen molar-refractivity contribution in [1.29, 1.82) is 0 Å². The fourth-order valence-electron chi connectivity index (χ4n) is 3.70. The second-order valence-electron chi connectivity index (χ2n) is 7.80. The van der Waals surface area contributed by atoms with Crippen LogP contribution in [0, 0.1) is 0 Å². The number of hydrogen-bond donors (Lipinski definition) is 0. The molecule has 0 saturated heterocycles. The Balaban J connectivity index is 1.89. The van der Waals surface area contributed by atoms with E-state index >= 15 is 0 Å². The van der Waals surface area contributed by atoms with Gasteiger partial charge in [-0.15, -0.1) is 0 Å². The van der Waals surface area contributed by atoms with E-state index in [-0.39, 0.29) is 11.4 Å². The van der Waals surface area contributed by atoms with E-state index in [0.717, 1.165) is 37.1 Å². The van der Waals surface area contributed by atoms with Gasteiger partial charge in [-0.25, -0.2) is 8.51 Å². The van der Waals surface area contributed by atoms with Gasteiger partial charge in [0.25, 0.3) is 0 Å². The minimum absolute atomic E-state index is 0.293. The predicted molar refractivity (Wildman–Crippen MR) is 144 cm³/mol. The van der Waals surface area contributed by atoms with Crippen molar-refractivity contribution in [2.24, 2.45) is 0 Å². The molecule has 0 radical (unpaired) electrons. The predicted octanol–water partition coefficient (Wildman–Crippen LogP) is 6.67. The smallest absolute Gasteiger partial charge is 0.118 e. The molecule has 0 aromatic heterocycles. The Morgan fingerprint density at radius 2 is 1.32 bits per heavy atom. The number of halogens is 2. The van der Waals surface area contributed by atoms with Crippen LogP contribution in [0.3, 0.4) is 0 Å². The first-order chi connectivity index (χ1) is 16.4. The highest BCUT2D eigenvalue weighted by molar-refractivity contribution is 9.11. The second-order valence-corrected chi connectivity index (χ2v) is 11.4. The van der Waals surface area contributed by atoms with Gasteiger partial charge < -0.3 is 14.2 Å². The first-order valence-electron chi connectivity index (χ1n) is 10.8. The Morgan fingerprint density at radius 3 is 1.74 bits per heavy atom. The molecule has 3 aromatic rings. The highest BCUT2D eigenvalue weighted by atomic mass is 79.9. The van der Waals surface area contributed by atoms with Crippen LogP contribution < -0.4 is 9.47 Å². The molecule has 0 saturated carbocycles. The van der Waals surface area contributed by atoms with E-state index in [4.69, 9.17) is 14.2 Å². The van der Waals surface area contributed by atoms with E-state index in [0.29, 0.717) is 13.1 Å². The van der Waals surface area contributed by atoms with Gasteiger partial charge >= 0.3 is 0 Å². The van der Waals surface area contributed by atoms with Crippen LogP contribution in [0.4, 0.5) is 0 Å². The van der Waals surface area contributed by atoms with Gasteiger partial charge in [-0.05, 0) is 60.0 Å². The first-order valence-corrected chi connectivity index (χ1v) is 13.5. The molecule has 0 aliphatic heterocycles. The highest BCUT2D eigenvalue weighted by Gasteiger charge is 2.30. The topological polar surface area (TPSA) is 48.0 Å². The summed E-state index contributed by atoms with van der Waals surface area (Å²) in [5.41, 5.74) is 3.06. The lowest BCUT2D eigenvalue weighted by Crippen LogP contribution is -2.35. The molecule has 0 N–H and O–H groups in total. The summed E-state index contributed by atoms with van der Waals surface area (Å²) in [6.07, 6.45) is -0.349. The van der Waals surface area contributed by atoms with E-state index < -0.39 is 11.0 Å². The molecule has 0 heterocycles. The molecular formula is C26H29Br2NO4S. The summed E-state index contributed by atoms with van der Waals surface area (Å²) in [5, 5.41) is -0.293. The van der Waals surface area contributed by atoms with E-state index in [2.05, 4.69) is 31.9 Å². The molecule has 0 aliphatic carbocycles. The van der Waals surface area contributed by atoms with E-state index in [1.54, 1.807) is 21.3 Å². The van der Waals surface area contributed by atoms with Crippen LogP contribution >= 0.6 is 31.9 Å². The molecule has 3 unspecified atom stereocenters. The summed E-state index contributed by atoms with van der Waals surface area (Å²) in [4.78, 5) is 0. The maximum absolute atomic E-state index is 13.9. The SMILES string of the molecule is COc1ccc(CN(Cc2ccc(OC)cc2)S(=O)C(C)C(OC)c2ccc(Br)cc2Br)cc1. The lowest BCUT2D eigenvalue weighted by atomic mass is 10.1. The number of ether oxygens (including phenoxy) is 3. The van der Waals surface area contributed by atoms with Gasteiger partial charge in [0.15, 0.2) is 0 Å². The van der Waals surface area contributed by atoms with Crippen LogP contribution in [0.1, 0.15) is 29.7 Å². The van der Waals surface area contributed by atoms with Crippen molar-refractivity contribution < 1.29 is 18.4 Å². The third-order valence-electron chi connectivity index (χ3n) is 5.56. The number of rotatable bonds is 11. The van der Waals surface area contributed by atoms with Gasteiger partial charge in [0.05, 0.1) is 25.6 Å². The van der Waals surface area contributed by atoms with Gasteiger partial charge in [0.2, 0.25) is 0 Å². The van der Waals surface area contributed by atoms with Gasteiger partial charge in [-0.1, -0.05) is 62.2 Å². The number of hydrogen-bond acceptors (Lipinski definition) is 4. The largest absolute Gasteiger partial charge is 0.497 e. The summed E-state index contributed by atoms with van der Waals surface area (Å²) >= 11 is 7.13. The molecule has 0 fully saturated rings. The zero-order valence-corrected chi connectivity index (χ0v) is 23.7. The summed E-state index contributed by atoms with van der Waals surface area (Å²) in [7, 11) is 3.60. The summed E-state index contributed by atoms with van der Waals surface area (Å²) < 4.78 is 34.2. The van der Waals surface area contributed by atoms with Crippen molar-refractivity contribution in [1.82, 2.24) is 4.31 Å². The number of benzene rings is 3. The van der Waals surface area contributed by atoms with Gasteiger partial charge in [0, 0.05) is 29.1 Å². The van der Waals surface area contributed by atoms with Crippen LogP contribution in [0.2, 0.25) is 0 Å². The van der Waals surface area contributed by atoms with E-state index in [1.165, 1.54) is 0 Å². The van der Waals surface area contributed by atoms with Gasteiger partial charge in [-0.3, -0.25) is 0 Å². The number of nitrogens with zero attached hydrogens (tertiary/aromatic N) is 1. The average Bonchev–Trinajstić information content (AvgIpc) is 2.85. The van der Waals surface area contributed by atoms with Crippen LogP contribution in [-0.4, -0.2) is 35.1 Å². The standard InChI is InChI=1S/C26H29Br2NO4S/c1-18(26(33-4)24-14-9-21(27)15-25(24)28)34(30)29(16-19-5-10-22(31-2)11-6-19)17-20-7-12-23(32-3)13-8-20/h5-15,18,26H,16-17H2,1-4H3. The second kappa shape index (κ2) is 12.8. The Hall–Kier alpha value is -1.71. The summed E-state index contributed by atoms with van der Waals surface area (Å²) in [5.74, 6) is 1.58. The molecule has 0 amide bonds. The van der Waals surface area contributed by atoms with E-state index in [9.17, 15) is 4.21 Å². The maximum Gasteiger partial charge on any atom is 0.118 e. The molecule has 0 bridgehead atoms. The summed E-state index contributed by atoms with van der Waals surface area (Å²) in [6, 6.07) is 21.6. The molecule has 3 rings (SSSR count). The first kappa shape index (κ1) is 26.9. The van der Waals surface area contributed by atoms with Crippen molar-refractivity contribution in [3.05, 3.63) is 92.4 Å². The highest BCUT2D eigenvalue weighted by Crippen LogP contribution is 2.33. The average molecular weight is 611 g/mol. The van der Waals surface area contributed by atoms with E-state index in [1.807, 2.05) is 78.0 Å². The molecule has 3 atom stereocenters. The minimum Gasteiger partial charge on any atom is -0.497 e. The fourth-order valence-corrected chi connectivity index (χ4v) is 6.46. The Bertz CT molecular complexity index is 1040. The lowest BCUT2D eigenvalue weighted by molar-refractivity contribution is 0.101. The molecule has 8 heteroatoms. The lowest BCUT2D eigenvalue weighted by Gasteiger charge is -2.30. The third-order valence-corrected chi connectivity index (χ3v) is 8.39. The maximum atomic E-state index is 13.9. The monoisotopic (exact) mass is 609 g/mol. The van der Waals surface area contributed by atoms with Crippen LogP contribution in [-0.2, 0) is 28.8 Å². The van der Waals surface area contributed by atoms with Crippen LogP contribution in [0.25, 0.3) is 0 Å². The third kappa shape index (κ3) is 6.92. The van der Waals surface area contributed by atoms with Crippen molar-refractivity contribution in [3.63, 3.8) is 0 Å². The Labute approximate surface area is 221 Å². The zero-order chi connectivity index (χ0) is 24.7. The Kier molecular flexibility index (Phi) is 10.2. The molecule has 0 spiro atoms. The van der Waals surface area contributed by atoms with Gasteiger partial charge in [-0.2, -0.15) is 0 Å². The molecule has 34 heavy (non-hydrogen) atoms. The van der Waals surface area contributed by atoms with Crippen LogP contribution in [0.5, 0.6) is 11.5 Å². The molecule has 3 aromatic carbocycles. The van der Waals surface area contributed by atoms with Crippen molar-refractivity contribution in [3.8, 4) is 11.5 Å². The molecule has 0 aliphatic rings. The zero-order valence-electron chi connectivity index (χ0n) is 19.7. The molecule has 182 valence electrons.